The van der Waals surface area contributed by atoms with Crippen molar-refractivity contribution in [3.05, 3.63) is 0 Å². The lowest BCUT2D eigenvalue weighted by molar-refractivity contribution is -0.204. The summed E-state index contributed by atoms with van der Waals surface area (Å²) in [5, 5.41) is 0. The van der Waals surface area contributed by atoms with Gasteiger partial charge in [-0.25, -0.2) is 0 Å². The molecule has 0 heterocycles. The molecule has 0 N–H and O–H groups in total. The fourth-order valence-corrected chi connectivity index (χ4v) is 2.42. The van der Waals surface area contributed by atoms with Crippen LogP contribution in [0.4, 0.5) is 13.2 Å². The van der Waals surface area contributed by atoms with Gasteiger partial charge < -0.3 is 0 Å². The fourth-order valence-electron chi connectivity index (χ4n) is 2.42. The summed E-state index contributed by atoms with van der Waals surface area (Å²) in [5.41, 5.74) is 0. The van der Waals surface area contributed by atoms with Crippen LogP contribution in [0.5, 0.6) is 0 Å². The fraction of sp³-hybridized carbons (Fsp3) is 1.00. The van der Waals surface area contributed by atoms with E-state index >= 15 is 0 Å². The lowest BCUT2D eigenvalue weighted by atomic mass is 9.96. The Hall–Kier alpha value is -0.250. The maximum absolute atomic E-state index is 13.2. The van der Waals surface area contributed by atoms with Gasteiger partial charge in [-0.3, -0.25) is 4.90 Å². The van der Waals surface area contributed by atoms with Crippen molar-refractivity contribution in [1.29, 1.82) is 0 Å². The first-order chi connectivity index (χ1) is 7.66. The Morgan fingerprint density at radius 1 is 0.941 bits per heavy atom. The maximum Gasteiger partial charge on any atom is 0.404 e. The summed E-state index contributed by atoms with van der Waals surface area (Å²) in [4.78, 5) is 1.72. The van der Waals surface area contributed by atoms with E-state index in [9.17, 15) is 13.2 Å². The Morgan fingerprint density at radius 3 is 1.65 bits per heavy atom. The number of hydrogen-bond donors (Lipinski definition) is 0. The Balaban J connectivity index is 2.94. The summed E-state index contributed by atoms with van der Waals surface area (Å²) in [6.07, 6.45) is -2.30. The molecule has 0 aromatic rings. The first-order valence-electron chi connectivity index (χ1n) is 6.50. The molecular weight excluding hydrogens is 227 g/mol. The van der Waals surface area contributed by atoms with Gasteiger partial charge in [-0.1, -0.05) is 27.7 Å². The molecule has 17 heavy (non-hydrogen) atoms. The van der Waals surface area contributed by atoms with Gasteiger partial charge in [0.15, 0.2) is 0 Å². The first kappa shape index (κ1) is 14.8. The van der Waals surface area contributed by atoms with Gasteiger partial charge in [-0.2, -0.15) is 13.2 Å². The molecule has 4 heteroatoms. The van der Waals surface area contributed by atoms with E-state index in [0.717, 1.165) is 12.8 Å². The lowest BCUT2D eigenvalue weighted by Crippen LogP contribution is -2.55. The van der Waals surface area contributed by atoms with Crippen LogP contribution in [0.25, 0.3) is 0 Å². The van der Waals surface area contributed by atoms with Crippen molar-refractivity contribution in [2.75, 3.05) is 0 Å². The predicted molar refractivity (Wildman–Crippen MR) is 63.8 cm³/mol. The van der Waals surface area contributed by atoms with Crippen LogP contribution in [0.2, 0.25) is 0 Å². The van der Waals surface area contributed by atoms with E-state index < -0.39 is 18.1 Å². The highest BCUT2D eigenvalue weighted by Gasteiger charge is 2.51. The normalized spacial score (nSPS) is 21.4. The third kappa shape index (κ3) is 3.60. The van der Waals surface area contributed by atoms with E-state index in [1.807, 2.05) is 20.8 Å². The summed E-state index contributed by atoms with van der Waals surface area (Å²) in [5.74, 6) is -0.143. The van der Waals surface area contributed by atoms with Crippen molar-refractivity contribution in [3.8, 4) is 0 Å². The molecule has 1 aliphatic rings. The molecule has 0 unspecified atom stereocenters. The molecule has 1 aliphatic carbocycles. The summed E-state index contributed by atoms with van der Waals surface area (Å²) in [6.45, 7) is 9.24. The van der Waals surface area contributed by atoms with Crippen LogP contribution in [0.3, 0.4) is 0 Å². The van der Waals surface area contributed by atoms with Crippen LogP contribution in [0.1, 0.15) is 47.5 Å². The van der Waals surface area contributed by atoms with Crippen molar-refractivity contribution >= 4 is 0 Å². The zero-order valence-electron chi connectivity index (χ0n) is 11.4. The predicted octanol–water partition coefficient (Wildman–Crippen LogP) is 4.08. The Labute approximate surface area is 102 Å². The van der Waals surface area contributed by atoms with Gasteiger partial charge in [0.05, 0.1) is 0 Å². The van der Waals surface area contributed by atoms with E-state index in [-0.39, 0.29) is 18.0 Å². The van der Waals surface area contributed by atoms with Crippen LogP contribution in [0, 0.1) is 11.8 Å². The van der Waals surface area contributed by atoms with Crippen LogP contribution < -0.4 is 0 Å². The molecule has 0 amide bonds. The summed E-state index contributed by atoms with van der Waals surface area (Å²) < 4.78 is 39.6. The highest BCUT2D eigenvalue weighted by Crippen LogP contribution is 2.40. The van der Waals surface area contributed by atoms with E-state index in [1.54, 1.807) is 18.7 Å². The molecule has 0 saturated heterocycles. The average Bonchev–Trinajstić information content (AvgIpc) is 2.92. The van der Waals surface area contributed by atoms with Crippen LogP contribution in [-0.4, -0.2) is 29.2 Å². The molecule has 2 atom stereocenters. The second kappa shape index (κ2) is 5.17. The second-order valence-corrected chi connectivity index (χ2v) is 5.89. The van der Waals surface area contributed by atoms with Crippen molar-refractivity contribution < 1.29 is 13.2 Å². The number of halogens is 3. The quantitative estimate of drug-likeness (QED) is 0.711. The van der Waals surface area contributed by atoms with Gasteiger partial charge in [-0.15, -0.1) is 0 Å². The van der Waals surface area contributed by atoms with Gasteiger partial charge >= 0.3 is 6.18 Å². The summed E-state index contributed by atoms with van der Waals surface area (Å²) >= 11 is 0. The van der Waals surface area contributed by atoms with Gasteiger partial charge in [0.2, 0.25) is 0 Å². The Morgan fingerprint density at radius 2 is 1.41 bits per heavy atom. The van der Waals surface area contributed by atoms with Crippen molar-refractivity contribution in [2.24, 2.45) is 11.8 Å². The van der Waals surface area contributed by atoms with Crippen molar-refractivity contribution in [1.82, 2.24) is 4.90 Å². The van der Waals surface area contributed by atoms with Crippen LogP contribution in [-0.2, 0) is 0 Å². The molecule has 1 nitrogen and oxygen atoms in total. The first-order valence-corrected chi connectivity index (χ1v) is 6.50. The average molecular weight is 251 g/mol. The minimum absolute atomic E-state index is 0.0171. The maximum atomic E-state index is 13.2. The molecular formula is C13H24F3N. The molecule has 0 aromatic carbocycles. The Bertz CT molecular complexity index is 244. The molecule has 102 valence electrons. The number of nitrogens with zero attached hydrogens (tertiary/aromatic N) is 1. The van der Waals surface area contributed by atoms with Crippen LogP contribution in [0.15, 0.2) is 0 Å². The van der Waals surface area contributed by atoms with E-state index in [4.69, 9.17) is 0 Å². The van der Waals surface area contributed by atoms with Gasteiger partial charge in [-0.05, 0) is 31.6 Å². The topological polar surface area (TPSA) is 3.24 Å². The van der Waals surface area contributed by atoms with E-state index in [1.165, 1.54) is 0 Å². The molecule has 1 rings (SSSR count). The highest BCUT2D eigenvalue weighted by atomic mass is 19.4. The third-order valence-electron chi connectivity index (χ3n) is 3.69. The Kier molecular flexibility index (Phi) is 4.50. The molecule has 1 saturated carbocycles. The standard InChI is InChI=1S/C13H24F3N/c1-8(2)10(5)17(11-6-7-11)12(9(3)4)13(14,15)16/h8-12H,6-7H2,1-5H3/t10-,12+/m1/s1. The molecule has 0 aliphatic heterocycles. The SMILES string of the molecule is CC(C)[C@@H](C)N(C1CC1)[C@@H](C(C)C)C(F)(F)F. The molecule has 1 fully saturated rings. The van der Waals surface area contributed by atoms with E-state index in [2.05, 4.69) is 0 Å². The monoisotopic (exact) mass is 251 g/mol. The summed E-state index contributed by atoms with van der Waals surface area (Å²) in [7, 11) is 0. The number of rotatable bonds is 5. The third-order valence-corrected chi connectivity index (χ3v) is 3.69. The summed E-state index contributed by atoms with van der Waals surface area (Å²) in [6, 6.07) is -1.18. The smallest absolute Gasteiger partial charge is 0.286 e. The van der Waals surface area contributed by atoms with Gasteiger partial charge in [0.1, 0.15) is 6.04 Å². The molecule has 0 spiro atoms. The minimum Gasteiger partial charge on any atom is -0.286 e. The molecule has 0 radical (unpaired) electrons. The molecule has 0 aromatic heterocycles. The highest BCUT2D eigenvalue weighted by molar-refractivity contribution is 4.95. The number of hydrogen-bond acceptors (Lipinski definition) is 1. The minimum atomic E-state index is -4.13. The second-order valence-electron chi connectivity index (χ2n) is 5.89. The molecule has 0 bridgehead atoms. The lowest BCUT2D eigenvalue weighted by Gasteiger charge is -2.41. The van der Waals surface area contributed by atoms with Gasteiger partial charge in [0, 0.05) is 12.1 Å². The zero-order chi connectivity index (χ0) is 13.4. The number of alkyl halides is 3. The zero-order valence-corrected chi connectivity index (χ0v) is 11.4. The van der Waals surface area contributed by atoms with E-state index in [0.29, 0.717) is 0 Å². The van der Waals surface area contributed by atoms with Crippen molar-refractivity contribution in [2.45, 2.75) is 71.8 Å². The van der Waals surface area contributed by atoms with Crippen molar-refractivity contribution in [3.63, 3.8) is 0 Å². The largest absolute Gasteiger partial charge is 0.404 e. The van der Waals surface area contributed by atoms with Crippen LogP contribution >= 0.6 is 0 Å². The van der Waals surface area contributed by atoms with Gasteiger partial charge in [0.25, 0.3) is 0 Å².